The number of carbonyl (C=O) groups is 1. The lowest BCUT2D eigenvalue weighted by molar-refractivity contribution is -0.385. The van der Waals surface area contributed by atoms with Crippen LogP contribution >= 0.6 is 0 Å². The number of nitrogens with one attached hydrogen (secondary N) is 1. The molecule has 21 heavy (non-hydrogen) atoms. The molecule has 116 valence electrons. The topological polar surface area (TPSA) is 75.5 Å². The van der Waals surface area contributed by atoms with Crippen LogP contribution in [0.25, 0.3) is 0 Å². The molecule has 1 rings (SSSR count). The van der Waals surface area contributed by atoms with E-state index in [9.17, 15) is 19.3 Å². The summed E-state index contributed by atoms with van der Waals surface area (Å²) in [6.07, 6.45) is 1.50. The second-order valence-electron chi connectivity index (χ2n) is 4.65. The minimum Gasteiger partial charge on any atom is -0.386 e. The van der Waals surface area contributed by atoms with E-state index in [1.54, 1.807) is 4.90 Å². The van der Waals surface area contributed by atoms with E-state index in [0.717, 1.165) is 18.9 Å². The van der Waals surface area contributed by atoms with Gasteiger partial charge in [-0.1, -0.05) is 13.8 Å². The van der Waals surface area contributed by atoms with Gasteiger partial charge in [0.05, 0.1) is 16.7 Å². The van der Waals surface area contributed by atoms with Crippen LogP contribution in [0.5, 0.6) is 0 Å². The first-order valence-electron chi connectivity index (χ1n) is 6.91. The normalized spacial score (nSPS) is 10.3. The largest absolute Gasteiger partial charge is 0.386 e. The van der Waals surface area contributed by atoms with Crippen LogP contribution in [0.3, 0.4) is 0 Å². The van der Waals surface area contributed by atoms with Crippen molar-refractivity contribution in [2.24, 2.45) is 0 Å². The van der Waals surface area contributed by atoms with Gasteiger partial charge in [-0.25, -0.2) is 4.39 Å². The van der Waals surface area contributed by atoms with E-state index in [0.29, 0.717) is 13.1 Å². The van der Waals surface area contributed by atoms with Crippen molar-refractivity contribution in [2.45, 2.75) is 26.7 Å². The maximum absolute atomic E-state index is 13.7. The Morgan fingerprint density at radius 1 is 1.33 bits per heavy atom. The number of nitrogens with zero attached hydrogens (tertiary/aromatic N) is 2. The maximum atomic E-state index is 13.7. The fourth-order valence-corrected chi connectivity index (χ4v) is 2.10. The fraction of sp³-hybridized carbons (Fsp3) is 0.500. The molecule has 0 unspecified atom stereocenters. The highest BCUT2D eigenvalue weighted by Crippen LogP contribution is 2.27. The molecule has 0 aromatic heterocycles. The molecule has 0 bridgehead atoms. The summed E-state index contributed by atoms with van der Waals surface area (Å²) in [4.78, 5) is 24.4. The molecule has 6 nitrogen and oxygen atoms in total. The molecule has 0 aliphatic carbocycles. The molecule has 1 aromatic carbocycles. The van der Waals surface area contributed by atoms with E-state index in [1.807, 2.05) is 13.8 Å². The van der Waals surface area contributed by atoms with Crippen LogP contribution in [0.1, 0.15) is 37.0 Å². The lowest BCUT2D eigenvalue weighted by Gasteiger charge is -2.21. The van der Waals surface area contributed by atoms with E-state index in [1.165, 1.54) is 13.1 Å². The minimum absolute atomic E-state index is 0.0666. The number of carbonyl (C=O) groups excluding carboxylic acids is 1. The summed E-state index contributed by atoms with van der Waals surface area (Å²) in [5, 5.41) is 13.7. The van der Waals surface area contributed by atoms with Gasteiger partial charge in [-0.2, -0.15) is 0 Å². The zero-order valence-corrected chi connectivity index (χ0v) is 12.5. The van der Waals surface area contributed by atoms with Gasteiger partial charge in [-0.3, -0.25) is 14.9 Å². The van der Waals surface area contributed by atoms with Gasteiger partial charge < -0.3 is 10.2 Å². The molecule has 0 aliphatic heterocycles. The second kappa shape index (κ2) is 7.56. The third-order valence-electron chi connectivity index (χ3n) is 3.06. The van der Waals surface area contributed by atoms with Crippen LogP contribution < -0.4 is 5.32 Å². The highest BCUT2D eigenvalue weighted by molar-refractivity contribution is 5.99. The number of rotatable bonds is 7. The first-order chi connectivity index (χ1) is 9.96. The molecule has 7 heteroatoms. The Kier molecular flexibility index (Phi) is 6.08. The van der Waals surface area contributed by atoms with Gasteiger partial charge >= 0.3 is 0 Å². The van der Waals surface area contributed by atoms with Crippen molar-refractivity contribution in [3.05, 3.63) is 33.6 Å². The fourth-order valence-electron chi connectivity index (χ4n) is 2.10. The summed E-state index contributed by atoms with van der Waals surface area (Å²) in [5.74, 6) is -1.19. The number of hydrogen-bond acceptors (Lipinski definition) is 4. The maximum Gasteiger partial charge on any atom is 0.285 e. The second-order valence-corrected chi connectivity index (χ2v) is 4.65. The molecule has 1 aromatic rings. The van der Waals surface area contributed by atoms with Crippen LogP contribution in [0.4, 0.5) is 15.8 Å². The molecule has 0 atom stereocenters. The van der Waals surface area contributed by atoms with Gasteiger partial charge in [0.2, 0.25) is 0 Å². The minimum atomic E-state index is -0.752. The van der Waals surface area contributed by atoms with Gasteiger partial charge in [0.25, 0.3) is 11.6 Å². The Hall–Kier alpha value is -2.18. The summed E-state index contributed by atoms with van der Waals surface area (Å²) in [6.45, 7) is 4.87. The van der Waals surface area contributed by atoms with E-state index in [-0.39, 0.29) is 11.3 Å². The molecule has 0 heterocycles. The standard InChI is InChI=1S/C14H20FN3O3/c1-4-6-17(7-5-2)14(19)10-8-12(16-3)11(15)9-13(10)18(20)21/h8-9,16H,4-7H2,1-3H3. The van der Waals surface area contributed by atoms with Gasteiger partial charge in [0.1, 0.15) is 5.56 Å². The average Bonchev–Trinajstić information content (AvgIpc) is 2.45. The Morgan fingerprint density at radius 2 is 1.90 bits per heavy atom. The Morgan fingerprint density at radius 3 is 2.33 bits per heavy atom. The highest BCUT2D eigenvalue weighted by atomic mass is 19.1. The van der Waals surface area contributed by atoms with Crippen molar-refractivity contribution in [1.82, 2.24) is 4.90 Å². The highest BCUT2D eigenvalue weighted by Gasteiger charge is 2.26. The van der Waals surface area contributed by atoms with E-state index in [4.69, 9.17) is 0 Å². The van der Waals surface area contributed by atoms with Crippen LogP contribution in [-0.4, -0.2) is 35.9 Å². The van der Waals surface area contributed by atoms with Crippen molar-refractivity contribution >= 4 is 17.3 Å². The molecule has 1 N–H and O–H groups in total. The molecule has 0 fully saturated rings. The van der Waals surface area contributed by atoms with Crippen LogP contribution in [0.2, 0.25) is 0 Å². The zero-order chi connectivity index (χ0) is 16.0. The molecule has 0 spiro atoms. The lowest BCUT2D eigenvalue weighted by atomic mass is 10.1. The summed E-state index contributed by atoms with van der Waals surface area (Å²) in [6, 6.07) is 1.99. The lowest BCUT2D eigenvalue weighted by Crippen LogP contribution is -2.33. The van der Waals surface area contributed by atoms with Crippen molar-refractivity contribution in [2.75, 3.05) is 25.5 Å². The number of anilines is 1. The van der Waals surface area contributed by atoms with Crippen molar-refractivity contribution in [3.63, 3.8) is 0 Å². The van der Waals surface area contributed by atoms with Gasteiger partial charge in [0.15, 0.2) is 5.82 Å². The molecule has 0 saturated carbocycles. The molecular weight excluding hydrogens is 277 g/mol. The summed E-state index contributed by atoms with van der Waals surface area (Å²) >= 11 is 0. The Bertz CT molecular complexity index is 528. The number of benzene rings is 1. The van der Waals surface area contributed by atoms with Crippen molar-refractivity contribution in [3.8, 4) is 0 Å². The number of halogens is 1. The van der Waals surface area contributed by atoms with Crippen LogP contribution in [0, 0.1) is 15.9 Å². The van der Waals surface area contributed by atoms with E-state index < -0.39 is 22.3 Å². The van der Waals surface area contributed by atoms with E-state index >= 15 is 0 Å². The number of nitro groups is 1. The van der Waals surface area contributed by atoms with Crippen LogP contribution in [0.15, 0.2) is 12.1 Å². The van der Waals surface area contributed by atoms with Crippen molar-refractivity contribution < 1.29 is 14.1 Å². The summed E-state index contributed by atoms with van der Waals surface area (Å²) in [5.41, 5.74) is -0.529. The first-order valence-corrected chi connectivity index (χ1v) is 6.91. The monoisotopic (exact) mass is 297 g/mol. The molecule has 1 amide bonds. The zero-order valence-electron chi connectivity index (χ0n) is 12.5. The quantitative estimate of drug-likeness (QED) is 0.620. The Balaban J connectivity index is 3.31. The SMILES string of the molecule is CCCN(CCC)C(=O)c1cc(NC)c(F)cc1[N+](=O)[O-]. The summed E-state index contributed by atoms with van der Waals surface area (Å²) < 4.78 is 13.7. The molecule has 0 radical (unpaired) electrons. The van der Waals surface area contributed by atoms with Crippen LogP contribution in [-0.2, 0) is 0 Å². The number of hydrogen-bond donors (Lipinski definition) is 1. The molecular formula is C14H20FN3O3. The third-order valence-corrected chi connectivity index (χ3v) is 3.06. The predicted molar refractivity (Wildman–Crippen MR) is 79.1 cm³/mol. The van der Waals surface area contributed by atoms with E-state index in [2.05, 4.69) is 5.32 Å². The summed E-state index contributed by atoms with van der Waals surface area (Å²) in [7, 11) is 1.49. The van der Waals surface area contributed by atoms with Gasteiger partial charge in [-0.05, 0) is 18.9 Å². The first kappa shape index (κ1) is 16.9. The molecule has 0 saturated heterocycles. The van der Waals surface area contributed by atoms with Gasteiger partial charge in [0, 0.05) is 20.1 Å². The smallest absolute Gasteiger partial charge is 0.285 e. The third kappa shape index (κ3) is 3.90. The Labute approximate surface area is 123 Å². The predicted octanol–water partition coefficient (Wildman–Crippen LogP) is 3.04. The number of nitro benzene ring substituents is 1. The average molecular weight is 297 g/mol. The molecule has 0 aliphatic rings. The van der Waals surface area contributed by atoms with Gasteiger partial charge in [-0.15, -0.1) is 0 Å². The number of amides is 1. The van der Waals surface area contributed by atoms with Crippen molar-refractivity contribution in [1.29, 1.82) is 0 Å².